The van der Waals surface area contributed by atoms with E-state index < -0.39 is 0 Å². The van der Waals surface area contributed by atoms with Crippen LogP contribution < -0.4 is 14.2 Å². The topological polar surface area (TPSA) is 80.9 Å². The molecule has 0 saturated carbocycles. The fourth-order valence-electron chi connectivity index (χ4n) is 5.17. The van der Waals surface area contributed by atoms with Crippen molar-refractivity contribution in [2.45, 2.75) is 6.54 Å². The van der Waals surface area contributed by atoms with Crippen molar-refractivity contribution in [1.82, 2.24) is 9.88 Å². The maximum atomic E-state index is 13.7. The summed E-state index contributed by atoms with van der Waals surface area (Å²) in [6, 6.07) is 22.9. The number of methoxy groups -OCH3 is 3. The van der Waals surface area contributed by atoms with Gasteiger partial charge in [-0.1, -0.05) is 48.5 Å². The molecule has 1 aliphatic rings. The van der Waals surface area contributed by atoms with Crippen LogP contribution in [0.15, 0.2) is 72.8 Å². The summed E-state index contributed by atoms with van der Waals surface area (Å²) >= 11 is 0. The minimum absolute atomic E-state index is 0.203. The average molecular weight is 493 g/mol. The zero-order valence-electron chi connectivity index (χ0n) is 20.6. The summed E-state index contributed by atoms with van der Waals surface area (Å²) in [6.45, 7) is 0.203. The molecule has 7 heteroatoms. The molecule has 0 aliphatic carbocycles. The molecule has 0 bridgehead atoms. The highest BCUT2D eigenvalue weighted by atomic mass is 16.5. The lowest BCUT2D eigenvalue weighted by atomic mass is 9.93. The first-order valence-electron chi connectivity index (χ1n) is 11.8. The molecule has 2 heterocycles. The number of fused-ring (bicyclic) bond motifs is 5. The van der Waals surface area contributed by atoms with E-state index in [2.05, 4.69) is 4.98 Å². The van der Waals surface area contributed by atoms with E-state index in [-0.39, 0.29) is 18.4 Å². The number of carbonyl (C=O) groups excluding carboxylic acids is 2. The van der Waals surface area contributed by atoms with Crippen molar-refractivity contribution in [3.05, 3.63) is 89.5 Å². The number of benzene rings is 4. The standard InChI is InChI=1S/C30H24N2O5/c1-35-23-13-18(14-24(36-2)28(23)37-3)20-15-21-26(27-25(20)19-11-7-8-12-22(19)31-27)30(34)32(29(21)33)16-17-9-5-4-6-10-17/h4-15,31H,16H2,1-3H3. The van der Waals surface area contributed by atoms with E-state index in [1.165, 1.54) is 4.90 Å². The second kappa shape index (κ2) is 8.71. The van der Waals surface area contributed by atoms with Crippen LogP contribution in [0, 0.1) is 0 Å². The zero-order valence-corrected chi connectivity index (χ0v) is 20.6. The van der Waals surface area contributed by atoms with Gasteiger partial charge in [-0.25, -0.2) is 0 Å². The Morgan fingerprint density at radius 2 is 1.43 bits per heavy atom. The third-order valence-electron chi connectivity index (χ3n) is 6.88. The number of hydrogen-bond acceptors (Lipinski definition) is 5. The Bertz CT molecular complexity index is 1680. The maximum Gasteiger partial charge on any atom is 0.264 e. The Labute approximate surface area is 213 Å². The maximum absolute atomic E-state index is 13.7. The molecule has 0 radical (unpaired) electrons. The summed E-state index contributed by atoms with van der Waals surface area (Å²) in [6.07, 6.45) is 0. The number of imide groups is 1. The van der Waals surface area contributed by atoms with Gasteiger partial charge in [0.05, 0.1) is 44.5 Å². The van der Waals surface area contributed by atoms with Crippen molar-refractivity contribution in [2.75, 3.05) is 21.3 Å². The number of nitrogens with one attached hydrogen (secondary N) is 1. The third-order valence-corrected chi connectivity index (χ3v) is 6.88. The Hall–Kier alpha value is -4.78. The summed E-state index contributed by atoms with van der Waals surface area (Å²) < 4.78 is 16.7. The van der Waals surface area contributed by atoms with Gasteiger partial charge in [-0.3, -0.25) is 14.5 Å². The van der Waals surface area contributed by atoms with Crippen LogP contribution in [0.5, 0.6) is 17.2 Å². The van der Waals surface area contributed by atoms with Crippen molar-refractivity contribution in [1.29, 1.82) is 0 Å². The van der Waals surface area contributed by atoms with Crippen LogP contribution >= 0.6 is 0 Å². The Balaban J connectivity index is 1.63. The average Bonchev–Trinajstić information content (AvgIpc) is 3.43. The highest BCUT2D eigenvalue weighted by molar-refractivity contribution is 6.30. The summed E-state index contributed by atoms with van der Waals surface area (Å²) in [5, 5.41) is 1.80. The smallest absolute Gasteiger partial charge is 0.264 e. The molecule has 2 amide bonds. The monoisotopic (exact) mass is 492 g/mol. The zero-order chi connectivity index (χ0) is 25.7. The van der Waals surface area contributed by atoms with Gasteiger partial charge in [0.2, 0.25) is 5.75 Å². The summed E-state index contributed by atoms with van der Waals surface area (Å²) in [5.74, 6) is 0.845. The number of para-hydroxylation sites is 1. The summed E-state index contributed by atoms with van der Waals surface area (Å²) in [7, 11) is 4.68. The minimum Gasteiger partial charge on any atom is -0.493 e. The molecular formula is C30H24N2O5. The molecule has 0 unspecified atom stereocenters. The number of amides is 2. The minimum atomic E-state index is -0.321. The molecule has 5 aromatic rings. The van der Waals surface area contributed by atoms with E-state index in [0.717, 1.165) is 33.0 Å². The van der Waals surface area contributed by atoms with Crippen molar-refractivity contribution in [3.8, 4) is 28.4 Å². The Kier molecular flexibility index (Phi) is 5.34. The second-order valence-electron chi connectivity index (χ2n) is 8.86. The van der Waals surface area contributed by atoms with E-state index in [1.807, 2.05) is 72.8 Å². The molecular weight excluding hydrogens is 468 g/mol. The third kappa shape index (κ3) is 3.42. The van der Waals surface area contributed by atoms with Crippen LogP contribution in [0.2, 0.25) is 0 Å². The predicted octanol–water partition coefficient (Wildman–Crippen LogP) is 5.81. The van der Waals surface area contributed by atoms with E-state index in [1.54, 1.807) is 21.3 Å². The van der Waals surface area contributed by atoms with Crippen LogP contribution in [0.3, 0.4) is 0 Å². The second-order valence-corrected chi connectivity index (χ2v) is 8.86. The highest BCUT2D eigenvalue weighted by Crippen LogP contribution is 2.46. The molecule has 7 nitrogen and oxygen atoms in total. The summed E-state index contributed by atoms with van der Waals surface area (Å²) in [4.78, 5) is 32.0. The number of nitrogens with zero attached hydrogens (tertiary/aromatic N) is 1. The molecule has 0 atom stereocenters. The normalized spacial score (nSPS) is 12.9. The predicted molar refractivity (Wildman–Crippen MR) is 142 cm³/mol. The van der Waals surface area contributed by atoms with Crippen LogP contribution in [-0.2, 0) is 6.54 Å². The SMILES string of the molecule is COc1cc(-c2cc3c(c4[nH]c5ccccc5c24)C(=O)N(Cc2ccccc2)C3=O)cc(OC)c1OC. The van der Waals surface area contributed by atoms with Gasteiger partial charge in [0, 0.05) is 16.3 Å². The number of aromatic amines is 1. The lowest BCUT2D eigenvalue weighted by Crippen LogP contribution is -2.29. The fraction of sp³-hybridized carbons (Fsp3) is 0.133. The first kappa shape index (κ1) is 22.7. The van der Waals surface area contributed by atoms with Crippen LogP contribution in [-0.4, -0.2) is 43.0 Å². The lowest BCUT2D eigenvalue weighted by Gasteiger charge is -2.15. The Morgan fingerprint density at radius 1 is 0.757 bits per heavy atom. The van der Waals surface area contributed by atoms with Crippen molar-refractivity contribution in [3.63, 3.8) is 0 Å². The first-order valence-corrected chi connectivity index (χ1v) is 11.8. The Morgan fingerprint density at radius 3 is 2.11 bits per heavy atom. The van der Waals surface area contributed by atoms with Gasteiger partial charge >= 0.3 is 0 Å². The quantitative estimate of drug-likeness (QED) is 0.303. The molecule has 4 aromatic carbocycles. The molecule has 0 saturated heterocycles. The van der Waals surface area contributed by atoms with Crippen molar-refractivity contribution < 1.29 is 23.8 Å². The van der Waals surface area contributed by atoms with Crippen molar-refractivity contribution in [2.24, 2.45) is 0 Å². The van der Waals surface area contributed by atoms with Crippen LogP contribution in [0.4, 0.5) is 0 Å². The number of ether oxygens (including phenoxy) is 3. The molecule has 0 fully saturated rings. The molecule has 0 spiro atoms. The number of hydrogen-bond donors (Lipinski definition) is 1. The van der Waals surface area contributed by atoms with Gasteiger partial charge in [0.25, 0.3) is 11.8 Å². The van der Waals surface area contributed by atoms with Gasteiger partial charge < -0.3 is 19.2 Å². The van der Waals surface area contributed by atoms with Gasteiger partial charge in [-0.15, -0.1) is 0 Å². The lowest BCUT2D eigenvalue weighted by molar-refractivity contribution is 0.0643. The molecule has 184 valence electrons. The number of carbonyl (C=O) groups is 2. The molecule has 37 heavy (non-hydrogen) atoms. The molecule has 1 aromatic heterocycles. The van der Waals surface area contributed by atoms with E-state index in [0.29, 0.717) is 33.9 Å². The van der Waals surface area contributed by atoms with Gasteiger partial charge in [0.1, 0.15) is 0 Å². The molecule has 6 rings (SSSR count). The van der Waals surface area contributed by atoms with E-state index >= 15 is 0 Å². The molecule has 1 aliphatic heterocycles. The number of aromatic nitrogens is 1. The number of rotatable bonds is 6. The first-order chi connectivity index (χ1) is 18.0. The van der Waals surface area contributed by atoms with Crippen LogP contribution in [0.1, 0.15) is 26.3 Å². The number of H-pyrrole nitrogens is 1. The van der Waals surface area contributed by atoms with Gasteiger partial charge in [0.15, 0.2) is 11.5 Å². The van der Waals surface area contributed by atoms with Crippen LogP contribution in [0.25, 0.3) is 32.9 Å². The van der Waals surface area contributed by atoms with Gasteiger partial charge in [-0.05, 0) is 41.0 Å². The van der Waals surface area contributed by atoms with Gasteiger partial charge in [-0.2, -0.15) is 0 Å². The van der Waals surface area contributed by atoms with Crippen molar-refractivity contribution >= 4 is 33.6 Å². The summed E-state index contributed by atoms with van der Waals surface area (Å²) in [5.41, 5.74) is 4.71. The largest absolute Gasteiger partial charge is 0.493 e. The fourth-order valence-corrected chi connectivity index (χ4v) is 5.17. The molecule has 1 N–H and O–H groups in total. The van der Waals surface area contributed by atoms with E-state index in [4.69, 9.17) is 14.2 Å². The highest BCUT2D eigenvalue weighted by Gasteiger charge is 2.39. The van der Waals surface area contributed by atoms with E-state index in [9.17, 15) is 9.59 Å².